The van der Waals surface area contributed by atoms with E-state index >= 15 is 0 Å². The molecule has 0 saturated carbocycles. The Morgan fingerprint density at radius 1 is 0.255 bits per heavy atom. The summed E-state index contributed by atoms with van der Waals surface area (Å²) in [6.45, 7) is 2.32. The third kappa shape index (κ3) is 11.8. The van der Waals surface area contributed by atoms with Gasteiger partial charge in [-0.3, -0.25) is 0 Å². The highest BCUT2D eigenvalue weighted by Crippen LogP contribution is 2.31. The summed E-state index contributed by atoms with van der Waals surface area (Å²) in [5.74, 6) is 4.03. The molecule has 6 nitrogen and oxygen atoms in total. The van der Waals surface area contributed by atoms with Crippen LogP contribution in [0.2, 0.25) is 0 Å². The molecule has 7 heteroatoms. The Balaban J connectivity index is 1.03. The summed E-state index contributed by atoms with van der Waals surface area (Å²) in [4.78, 5) is 0.714. The van der Waals surface area contributed by atoms with Gasteiger partial charge in [-0.05, 0) is 69.8 Å². The van der Waals surface area contributed by atoms with Crippen molar-refractivity contribution >= 4 is 12.6 Å². The lowest BCUT2D eigenvalue weighted by Gasteiger charge is -2.15. The van der Waals surface area contributed by atoms with Crippen molar-refractivity contribution in [1.29, 1.82) is 0 Å². The zero-order chi connectivity index (χ0) is 37.5. The molecule has 0 atom stereocenters. The molecule has 0 spiro atoms. The Labute approximate surface area is 328 Å². The fourth-order valence-corrected chi connectivity index (χ4v) is 6.04. The Bertz CT molecular complexity index is 1950. The van der Waals surface area contributed by atoms with Crippen molar-refractivity contribution in [3.05, 3.63) is 209 Å². The first-order valence-corrected chi connectivity index (χ1v) is 18.6. The fraction of sp³-hybridized carbons (Fsp3) is 0.125. The second kappa shape index (κ2) is 19.1. The number of thiol groups is 1. The van der Waals surface area contributed by atoms with Crippen LogP contribution < -0.4 is 28.4 Å². The normalized spacial score (nSPS) is 10.7. The quantitative estimate of drug-likeness (QED) is 0.0883. The van der Waals surface area contributed by atoms with E-state index in [0.29, 0.717) is 65.8 Å². The molecule has 0 radical (unpaired) electrons. The molecule has 0 aliphatic rings. The predicted molar refractivity (Wildman–Crippen MR) is 218 cm³/mol. The maximum atomic E-state index is 6.31. The van der Waals surface area contributed by atoms with Crippen LogP contribution in [-0.4, -0.2) is 0 Å². The van der Waals surface area contributed by atoms with Gasteiger partial charge in [0.25, 0.3) is 0 Å². The molecular weight excluding hydrogens is 705 g/mol. The van der Waals surface area contributed by atoms with Crippen LogP contribution in [0, 0.1) is 0 Å². The summed E-state index contributed by atoms with van der Waals surface area (Å²) in [7, 11) is 0. The standard InChI is InChI=1S/C48H42O6S/c55-48-28-46(53-34-40-21-42(49-30-36-13-5-1-6-14-36)25-43(22-40)50-31-37-15-7-2-8-16-37)27-47(29-48)54-35-41-23-44(51-32-38-17-9-3-10-18-38)26-45(24-41)52-33-39-19-11-4-12-20-39/h1-29,55H,30-35H2. The predicted octanol–water partition coefficient (Wildman–Crippen LogP) is 11.4. The van der Waals surface area contributed by atoms with Crippen molar-refractivity contribution in [3.63, 3.8) is 0 Å². The van der Waals surface area contributed by atoms with Gasteiger partial charge in [0.1, 0.15) is 74.1 Å². The van der Waals surface area contributed by atoms with Crippen LogP contribution in [0.1, 0.15) is 33.4 Å². The second-order valence-corrected chi connectivity index (χ2v) is 13.5. The molecule has 0 fully saturated rings. The third-order valence-corrected chi connectivity index (χ3v) is 8.81. The minimum absolute atomic E-state index is 0.282. The molecule has 7 aromatic carbocycles. The van der Waals surface area contributed by atoms with Crippen molar-refractivity contribution in [2.24, 2.45) is 0 Å². The minimum atomic E-state index is 0.282. The van der Waals surface area contributed by atoms with E-state index in [1.54, 1.807) is 0 Å². The molecule has 0 bridgehead atoms. The summed E-state index contributed by atoms with van der Waals surface area (Å²) in [6, 6.07) is 57.6. The van der Waals surface area contributed by atoms with E-state index in [4.69, 9.17) is 28.4 Å². The van der Waals surface area contributed by atoms with Gasteiger partial charge in [0.05, 0.1) is 0 Å². The zero-order valence-electron chi connectivity index (χ0n) is 30.4. The van der Waals surface area contributed by atoms with Crippen LogP contribution in [0.3, 0.4) is 0 Å². The largest absolute Gasteiger partial charge is 0.489 e. The van der Waals surface area contributed by atoms with Crippen molar-refractivity contribution in [2.75, 3.05) is 0 Å². The molecule has 0 aliphatic heterocycles. The lowest BCUT2D eigenvalue weighted by atomic mass is 10.2. The Morgan fingerprint density at radius 3 is 0.727 bits per heavy atom. The lowest BCUT2D eigenvalue weighted by molar-refractivity contribution is 0.275. The molecule has 0 aromatic heterocycles. The average molecular weight is 747 g/mol. The van der Waals surface area contributed by atoms with Gasteiger partial charge in [-0.25, -0.2) is 0 Å². The number of ether oxygens (including phenoxy) is 6. The van der Waals surface area contributed by atoms with Gasteiger partial charge in [-0.15, -0.1) is 12.6 Å². The van der Waals surface area contributed by atoms with E-state index < -0.39 is 0 Å². The van der Waals surface area contributed by atoms with Crippen LogP contribution in [0.25, 0.3) is 0 Å². The van der Waals surface area contributed by atoms with Gasteiger partial charge in [0.15, 0.2) is 0 Å². The third-order valence-electron chi connectivity index (χ3n) is 8.55. The summed E-state index contributed by atoms with van der Waals surface area (Å²) >= 11 is 4.66. The highest BCUT2D eigenvalue weighted by atomic mass is 32.1. The van der Waals surface area contributed by atoms with Gasteiger partial charge >= 0.3 is 0 Å². The van der Waals surface area contributed by atoms with Crippen molar-refractivity contribution in [3.8, 4) is 34.5 Å². The number of hydrogen-bond acceptors (Lipinski definition) is 7. The van der Waals surface area contributed by atoms with Crippen molar-refractivity contribution in [2.45, 2.75) is 44.5 Å². The van der Waals surface area contributed by atoms with E-state index in [9.17, 15) is 0 Å². The molecule has 7 rings (SSSR count). The SMILES string of the molecule is Sc1cc(OCc2cc(OCc3ccccc3)cc(OCc3ccccc3)c2)cc(OCc2cc(OCc3ccccc3)cc(OCc3ccccc3)c2)c1. The molecule has 7 aromatic rings. The molecule has 0 heterocycles. The van der Waals surface area contributed by atoms with E-state index in [2.05, 4.69) is 12.6 Å². The van der Waals surface area contributed by atoms with Crippen LogP contribution in [0.5, 0.6) is 34.5 Å². The lowest BCUT2D eigenvalue weighted by Crippen LogP contribution is -2.02. The zero-order valence-corrected chi connectivity index (χ0v) is 31.3. The summed E-state index contributed by atoms with van der Waals surface area (Å²) < 4.78 is 37.4. The maximum absolute atomic E-state index is 6.31. The monoisotopic (exact) mass is 746 g/mol. The van der Waals surface area contributed by atoms with E-state index in [0.717, 1.165) is 33.4 Å². The first kappa shape index (κ1) is 37.0. The van der Waals surface area contributed by atoms with Crippen LogP contribution in [-0.2, 0) is 39.6 Å². The smallest absolute Gasteiger partial charge is 0.124 e. The summed E-state index contributed by atoms with van der Waals surface area (Å²) in [5.41, 5.74) is 6.12. The van der Waals surface area contributed by atoms with Crippen molar-refractivity contribution in [1.82, 2.24) is 0 Å². The first-order valence-electron chi connectivity index (χ1n) is 18.1. The summed E-state index contributed by atoms with van der Waals surface area (Å²) in [5, 5.41) is 0. The molecular formula is C48H42O6S. The van der Waals surface area contributed by atoms with Crippen LogP contribution in [0.4, 0.5) is 0 Å². The molecule has 0 saturated heterocycles. The number of benzene rings is 7. The van der Waals surface area contributed by atoms with Crippen molar-refractivity contribution < 1.29 is 28.4 Å². The number of hydrogen-bond donors (Lipinski definition) is 1. The fourth-order valence-electron chi connectivity index (χ4n) is 5.78. The molecule has 0 amide bonds. The topological polar surface area (TPSA) is 55.4 Å². The Hall–Kier alpha value is -6.31. The highest BCUT2D eigenvalue weighted by Gasteiger charge is 2.10. The average Bonchev–Trinajstić information content (AvgIpc) is 3.23. The molecule has 0 unspecified atom stereocenters. The van der Waals surface area contributed by atoms with Gasteiger partial charge in [0, 0.05) is 23.1 Å². The van der Waals surface area contributed by atoms with E-state index in [1.165, 1.54) is 0 Å². The number of rotatable bonds is 18. The maximum Gasteiger partial charge on any atom is 0.124 e. The van der Waals surface area contributed by atoms with Crippen LogP contribution in [0.15, 0.2) is 181 Å². The van der Waals surface area contributed by atoms with E-state index in [-0.39, 0.29) is 13.2 Å². The van der Waals surface area contributed by atoms with Gasteiger partial charge in [0.2, 0.25) is 0 Å². The molecule has 55 heavy (non-hydrogen) atoms. The Kier molecular flexibility index (Phi) is 12.9. The Morgan fingerprint density at radius 2 is 0.473 bits per heavy atom. The minimum Gasteiger partial charge on any atom is -0.489 e. The van der Waals surface area contributed by atoms with Gasteiger partial charge in [-0.2, -0.15) is 0 Å². The van der Waals surface area contributed by atoms with Crippen LogP contribution >= 0.6 is 12.6 Å². The first-order chi connectivity index (χ1) is 27.1. The summed E-state index contributed by atoms with van der Waals surface area (Å²) in [6.07, 6.45) is 0. The second-order valence-electron chi connectivity index (χ2n) is 13.0. The molecule has 0 aliphatic carbocycles. The highest BCUT2D eigenvalue weighted by molar-refractivity contribution is 7.80. The van der Waals surface area contributed by atoms with Gasteiger partial charge in [-0.1, -0.05) is 121 Å². The molecule has 276 valence electrons. The van der Waals surface area contributed by atoms with E-state index in [1.807, 2.05) is 176 Å². The molecule has 0 N–H and O–H groups in total. The van der Waals surface area contributed by atoms with Gasteiger partial charge < -0.3 is 28.4 Å².